The molecule has 23 heavy (non-hydrogen) atoms. The predicted molar refractivity (Wildman–Crippen MR) is 92.3 cm³/mol. The summed E-state index contributed by atoms with van der Waals surface area (Å²) < 4.78 is 4.66. The first-order chi connectivity index (χ1) is 10.3. The quantitative estimate of drug-likeness (QED) is 0.749. The van der Waals surface area contributed by atoms with Crippen LogP contribution in [0.2, 0.25) is 0 Å². The molecule has 2 bridgehead atoms. The van der Waals surface area contributed by atoms with E-state index in [1.807, 2.05) is 13.8 Å². The normalized spacial score (nSPS) is 30.1. The number of ether oxygens (including phenoxy) is 1. The summed E-state index contributed by atoms with van der Waals surface area (Å²) in [5, 5.41) is 3.12. The van der Waals surface area contributed by atoms with Gasteiger partial charge in [0.2, 0.25) is 5.91 Å². The van der Waals surface area contributed by atoms with Gasteiger partial charge < -0.3 is 15.8 Å². The SMILES string of the molecule is COC(=O)CCC(C)(C)NC(=O)C1CC2CCCC(C1)C2N.Cl. The molecular weight excluding hydrogens is 316 g/mol. The van der Waals surface area contributed by atoms with Crippen molar-refractivity contribution in [1.82, 2.24) is 5.32 Å². The Hall–Kier alpha value is -0.810. The highest BCUT2D eigenvalue weighted by molar-refractivity contribution is 5.85. The third-order valence-electron chi connectivity index (χ3n) is 5.43. The minimum Gasteiger partial charge on any atom is -0.469 e. The maximum absolute atomic E-state index is 12.6. The van der Waals surface area contributed by atoms with E-state index in [1.165, 1.54) is 13.5 Å². The zero-order chi connectivity index (χ0) is 16.3. The van der Waals surface area contributed by atoms with E-state index in [-0.39, 0.29) is 41.8 Å². The van der Waals surface area contributed by atoms with Crippen molar-refractivity contribution in [1.29, 1.82) is 0 Å². The Morgan fingerprint density at radius 1 is 1.22 bits per heavy atom. The molecule has 0 aliphatic heterocycles. The largest absolute Gasteiger partial charge is 0.469 e. The summed E-state index contributed by atoms with van der Waals surface area (Å²) in [6.45, 7) is 3.92. The fourth-order valence-corrected chi connectivity index (χ4v) is 4.02. The van der Waals surface area contributed by atoms with E-state index in [1.54, 1.807) is 0 Å². The van der Waals surface area contributed by atoms with Crippen molar-refractivity contribution in [3.63, 3.8) is 0 Å². The summed E-state index contributed by atoms with van der Waals surface area (Å²) in [7, 11) is 1.39. The molecule has 0 spiro atoms. The average molecular weight is 347 g/mol. The number of hydrogen-bond donors (Lipinski definition) is 2. The minimum absolute atomic E-state index is 0. The van der Waals surface area contributed by atoms with Crippen LogP contribution >= 0.6 is 12.4 Å². The fraction of sp³-hybridized carbons (Fsp3) is 0.882. The van der Waals surface area contributed by atoms with Gasteiger partial charge in [0.25, 0.3) is 0 Å². The highest BCUT2D eigenvalue weighted by Crippen LogP contribution is 2.42. The summed E-state index contributed by atoms with van der Waals surface area (Å²) in [6, 6.07) is 0.283. The molecule has 134 valence electrons. The monoisotopic (exact) mass is 346 g/mol. The maximum atomic E-state index is 12.6. The first-order valence-corrected chi connectivity index (χ1v) is 8.47. The van der Waals surface area contributed by atoms with E-state index >= 15 is 0 Å². The Balaban J connectivity index is 0.00000264. The highest BCUT2D eigenvalue weighted by atomic mass is 35.5. The minimum atomic E-state index is -0.389. The molecule has 2 aliphatic carbocycles. The van der Waals surface area contributed by atoms with Crippen LogP contribution in [0.3, 0.4) is 0 Å². The second kappa shape index (κ2) is 8.34. The molecule has 2 fully saturated rings. The molecule has 0 saturated heterocycles. The molecule has 2 atom stereocenters. The predicted octanol–water partition coefficient (Wildman–Crippen LogP) is 2.41. The molecule has 2 saturated carbocycles. The Bertz CT molecular complexity index is 414. The number of rotatable bonds is 5. The van der Waals surface area contributed by atoms with Gasteiger partial charge in [-0.15, -0.1) is 12.4 Å². The van der Waals surface area contributed by atoms with Crippen LogP contribution in [0.5, 0.6) is 0 Å². The molecule has 0 aromatic heterocycles. The van der Waals surface area contributed by atoms with Crippen LogP contribution in [0.15, 0.2) is 0 Å². The van der Waals surface area contributed by atoms with Crippen molar-refractivity contribution in [2.75, 3.05) is 7.11 Å². The molecule has 2 aliphatic rings. The number of esters is 1. The summed E-state index contributed by atoms with van der Waals surface area (Å²) in [6.07, 6.45) is 6.31. The van der Waals surface area contributed by atoms with Crippen LogP contribution in [0.4, 0.5) is 0 Å². The van der Waals surface area contributed by atoms with E-state index < -0.39 is 0 Å². The molecular formula is C17H31ClN2O3. The lowest BCUT2D eigenvalue weighted by atomic mass is 9.65. The van der Waals surface area contributed by atoms with Crippen LogP contribution in [0.25, 0.3) is 0 Å². The van der Waals surface area contributed by atoms with Gasteiger partial charge in [0.05, 0.1) is 7.11 Å². The van der Waals surface area contributed by atoms with Crippen LogP contribution in [0, 0.1) is 17.8 Å². The third-order valence-corrected chi connectivity index (χ3v) is 5.43. The zero-order valence-corrected chi connectivity index (χ0v) is 15.3. The van der Waals surface area contributed by atoms with Gasteiger partial charge >= 0.3 is 5.97 Å². The van der Waals surface area contributed by atoms with Crippen molar-refractivity contribution in [3.05, 3.63) is 0 Å². The van der Waals surface area contributed by atoms with E-state index in [2.05, 4.69) is 10.1 Å². The lowest BCUT2D eigenvalue weighted by Crippen LogP contribution is -2.52. The summed E-state index contributed by atoms with van der Waals surface area (Å²) in [5.41, 5.74) is 5.90. The number of fused-ring (bicyclic) bond motifs is 2. The first kappa shape index (κ1) is 20.2. The second-order valence-corrected chi connectivity index (χ2v) is 7.65. The van der Waals surface area contributed by atoms with E-state index in [0.29, 0.717) is 24.7 Å². The van der Waals surface area contributed by atoms with Gasteiger partial charge in [0.1, 0.15) is 0 Å². The molecule has 0 radical (unpaired) electrons. The fourth-order valence-electron chi connectivity index (χ4n) is 4.02. The topological polar surface area (TPSA) is 81.4 Å². The molecule has 2 rings (SSSR count). The number of amides is 1. The van der Waals surface area contributed by atoms with Crippen molar-refractivity contribution in [2.45, 2.75) is 70.4 Å². The molecule has 0 aromatic rings. The van der Waals surface area contributed by atoms with Crippen LogP contribution < -0.4 is 11.1 Å². The van der Waals surface area contributed by atoms with Crippen molar-refractivity contribution in [3.8, 4) is 0 Å². The van der Waals surface area contributed by atoms with Gasteiger partial charge in [0, 0.05) is 23.9 Å². The van der Waals surface area contributed by atoms with E-state index in [4.69, 9.17) is 5.73 Å². The Labute approximate surface area is 145 Å². The Kier molecular flexibility index (Phi) is 7.33. The molecule has 5 nitrogen and oxygen atoms in total. The van der Waals surface area contributed by atoms with Crippen LogP contribution in [-0.4, -0.2) is 30.6 Å². The third kappa shape index (κ3) is 5.35. The second-order valence-electron chi connectivity index (χ2n) is 7.65. The average Bonchev–Trinajstić information content (AvgIpc) is 2.44. The number of nitrogens with one attached hydrogen (secondary N) is 1. The van der Waals surface area contributed by atoms with Crippen LogP contribution in [-0.2, 0) is 14.3 Å². The number of carbonyl (C=O) groups excluding carboxylic acids is 2. The number of halogens is 1. The molecule has 3 N–H and O–H groups in total. The van der Waals surface area contributed by atoms with Crippen LogP contribution in [0.1, 0.15) is 58.8 Å². The summed E-state index contributed by atoms with van der Waals surface area (Å²) in [5.74, 6) is 0.967. The first-order valence-electron chi connectivity index (χ1n) is 8.47. The zero-order valence-electron chi connectivity index (χ0n) is 14.5. The number of methoxy groups -OCH3 is 1. The smallest absolute Gasteiger partial charge is 0.305 e. The highest BCUT2D eigenvalue weighted by Gasteiger charge is 2.41. The number of nitrogens with two attached hydrogens (primary N) is 1. The van der Waals surface area contributed by atoms with Gasteiger partial charge in [-0.3, -0.25) is 9.59 Å². The van der Waals surface area contributed by atoms with Gasteiger partial charge in [-0.05, 0) is 57.8 Å². The number of hydrogen-bond acceptors (Lipinski definition) is 4. The van der Waals surface area contributed by atoms with Gasteiger partial charge in [-0.2, -0.15) is 0 Å². The lowest BCUT2D eigenvalue weighted by molar-refractivity contribution is -0.141. The molecule has 2 unspecified atom stereocenters. The molecule has 0 heterocycles. The van der Waals surface area contributed by atoms with E-state index in [0.717, 1.165) is 25.7 Å². The maximum Gasteiger partial charge on any atom is 0.305 e. The standard InChI is InChI=1S/C17H30N2O3.ClH/c1-17(2,8-7-14(20)22-3)19-16(21)13-9-11-5-4-6-12(10-13)15(11)18;/h11-13,15H,4-10,18H2,1-3H3,(H,19,21);1H. The number of carbonyl (C=O) groups is 2. The Morgan fingerprint density at radius 2 is 1.78 bits per heavy atom. The van der Waals surface area contributed by atoms with Gasteiger partial charge in [-0.1, -0.05) is 6.42 Å². The van der Waals surface area contributed by atoms with Gasteiger partial charge in [0.15, 0.2) is 0 Å². The van der Waals surface area contributed by atoms with Crippen molar-refractivity contribution in [2.24, 2.45) is 23.5 Å². The van der Waals surface area contributed by atoms with E-state index in [9.17, 15) is 9.59 Å². The van der Waals surface area contributed by atoms with Gasteiger partial charge in [-0.25, -0.2) is 0 Å². The summed E-state index contributed by atoms with van der Waals surface area (Å²) in [4.78, 5) is 23.9. The van der Waals surface area contributed by atoms with Crippen molar-refractivity contribution < 1.29 is 14.3 Å². The van der Waals surface area contributed by atoms with Crippen molar-refractivity contribution >= 4 is 24.3 Å². The lowest BCUT2D eigenvalue weighted by Gasteiger charge is -2.44. The molecule has 0 aromatic carbocycles. The Morgan fingerprint density at radius 3 is 2.30 bits per heavy atom. The molecule has 1 amide bonds. The molecule has 6 heteroatoms. The summed E-state index contributed by atoms with van der Waals surface area (Å²) >= 11 is 0.